The summed E-state index contributed by atoms with van der Waals surface area (Å²) in [7, 11) is -3.66. The monoisotopic (exact) mass is 454 g/mol. The maximum Gasteiger partial charge on any atom is 0.244 e. The van der Waals surface area contributed by atoms with E-state index in [9.17, 15) is 13.2 Å². The van der Waals surface area contributed by atoms with Gasteiger partial charge < -0.3 is 9.88 Å². The molecule has 0 aliphatic heterocycles. The minimum atomic E-state index is -3.66. The number of nitrogens with zero attached hydrogens (tertiary/aromatic N) is 3. The summed E-state index contributed by atoms with van der Waals surface area (Å²) in [5.74, 6) is 0.565. The van der Waals surface area contributed by atoms with Crippen molar-refractivity contribution < 1.29 is 13.2 Å². The standard InChI is InChI=1S/C24H30N4O3S/c1-6-23(28(32(5,30)31)22-10-7-17(2)18(3)15-22)24(29)26-16-20-8-11-21(12-9-20)27-14-13-25-19(27)4/h7-15,23H,6,16H2,1-5H3,(H,26,29)/t23-/m0/s1. The number of aromatic nitrogens is 2. The van der Waals surface area contributed by atoms with Crippen molar-refractivity contribution in [2.45, 2.75) is 46.7 Å². The number of hydrogen-bond acceptors (Lipinski definition) is 4. The molecule has 2 aromatic carbocycles. The van der Waals surface area contributed by atoms with Gasteiger partial charge in [0.1, 0.15) is 11.9 Å². The number of amides is 1. The number of imidazole rings is 1. The molecule has 1 N–H and O–H groups in total. The van der Waals surface area contributed by atoms with E-state index in [4.69, 9.17) is 0 Å². The number of sulfonamides is 1. The first-order valence-electron chi connectivity index (χ1n) is 10.6. The SMILES string of the molecule is CC[C@@H](C(=O)NCc1ccc(-n2ccnc2C)cc1)N(c1ccc(C)c(C)c1)S(C)(=O)=O. The minimum absolute atomic E-state index is 0.309. The maximum atomic E-state index is 13.0. The van der Waals surface area contributed by atoms with E-state index < -0.39 is 16.1 Å². The quantitative estimate of drug-likeness (QED) is 0.563. The molecule has 1 heterocycles. The van der Waals surface area contributed by atoms with Crippen LogP contribution in [0.15, 0.2) is 54.9 Å². The van der Waals surface area contributed by atoms with Gasteiger partial charge in [0, 0.05) is 24.6 Å². The van der Waals surface area contributed by atoms with E-state index in [1.165, 1.54) is 4.31 Å². The average molecular weight is 455 g/mol. The van der Waals surface area contributed by atoms with Crippen molar-refractivity contribution in [3.05, 3.63) is 77.4 Å². The van der Waals surface area contributed by atoms with Crippen molar-refractivity contribution in [2.75, 3.05) is 10.6 Å². The van der Waals surface area contributed by atoms with E-state index >= 15 is 0 Å². The molecule has 7 nitrogen and oxygen atoms in total. The molecular formula is C24H30N4O3S. The molecule has 0 spiro atoms. The third-order valence-corrected chi connectivity index (χ3v) is 6.76. The van der Waals surface area contributed by atoms with Crippen LogP contribution in [0.5, 0.6) is 0 Å². The molecule has 0 saturated carbocycles. The topological polar surface area (TPSA) is 84.3 Å². The molecule has 0 unspecified atom stereocenters. The van der Waals surface area contributed by atoms with Crippen molar-refractivity contribution in [1.82, 2.24) is 14.9 Å². The summed E-state index contributed by atoms with van der Waals surface area (Å²) in [6.07, 6.45) is 5.13. The van der Waals surface area contributed by atoms with Crippen LogP contribution in [0.1, 0.15) is 35.9 Å². The predicted octanol–water partition coefficient (Wildman–Crippen LogP) is 3.66. The van der Waals surface area contributed by atoms with Crippen LogP contribution in [0.4, 0.5) is 5.69 Å². The molecule has 0 aliphatic carbocycles. The van der Waals surface area contributed by atoms with Gasteiger partial charge in [0.25, 0.3) is 0 Å². The fourth-order valence-corrected chi connectivity index (χ4v) is 4.86. The molecule has 8 heteroatoms. The summed E-state index contributed by atoms with van der Waals surface area (Å²) in [5.41, 5.74) is 4.44. The highest BCUT2D eigenvalue weighted by molar-refractivity contribution is 7.92. The molecule has 0 saturated heterocycles. The van der Waals surface area contributed by atoms with E-state index in [-0.39, 0.29) is 5.91 Å². The van der Waals surface area contributed by atoms with Crippen LogP contribution in [0.25, 0.3) is 5.69 Å². The fourth-order valence-electron chi connectivity index (χ4n) is 3.66. The second-order valence-corrected chi connectivity index (χ2v) is 9.84. The Morgan fingerprint density at radius 3 is 2.31 bits per heavy atom. The van der Waals surface area contributed by atoms with Crippen LogP contribution < -0.4 is 9.62 Å². The van der Waals surface area contributed by atoms with E-state index in [2.05, 4.69) is 10.3 Å². The Hall–Kier alpha value is -3.13. The Balaban J connectivity index is 1.76. The van der Waals surface area contributed by atoms with Gasteiger partial charge in [0.05, 0.1) is 11.9 Å². The van der Waals surface area contributed by atoms with Gasteiger partial charge in [-0.2, -0.15) is 0 Å². The van der Waals surface area contributed by atoms with Crippen LogP contribution >= 0.6 is 0 Å². The Bertz CT molecular complexity index is 1200. The Kier molecular flexibility index (Phi) is 7.03. The van der Waals surface area contributed by atoms with Crippen LogP contribution in [0.3, 0.4) is 0 Å². The summed E-state index contributed by atoms with van der Waals surface area (Å²) < 4.78 is 28.4. The number of aryl methyl sites for hydroxylation is 3. The molecule has 0 bridgehead atoms. The number of carbonyl (C=O) groups excluding carboxylic acids is 1. The minimum Gasteiger partial charge on any atom is -0.350 e. The van der Waals surface area contributed by atoms with Gasteiger partial charge in [-0.3, -0.25) is 9.10 Å². The van der Waals surface area contributed by atoms with E-state index in [0.29, 0.717) is 18.7 Å². The third-order valence-electron chi connectivity index (χ3n) is 5.58. The van der Waals surface area contributed by atoms with Gasteiger partial charge in [-0.15, -0.1) is 0 Å². The summed E-state index contributed by atoms with van der Waals surface area (Å²) in [4.78, 5) is 17.3. The van der Waals surface area contributed by atoms with Gasteiger partial charge in [0.2, 0.25) is 15.9 Å². The van der Waals surface area contributed by atoms with Crippen molar-refractivity contribution in [3.63, 3.8) is 0 Å². The fraction of sp³-hybridized carbons (Fsp3) is 0.333. The first-order chi connectivity index (χ1) is 15.1. The maximum absolute atomic E-state index is 13.0. The molecule has 32 heavy (non-hydrogen) atoms. The highest BCUT2D eigenvalue weighted by Gasteiger charge is 2.31. The molecule has 170 valence electrons. The number of rotatable bonds is 8. The van der Waals surface area contributed by atoms with Crippen molar-refractivity contribution in [2.24, 2.45) is 0 Å². The lowest BCUT2D eigenvalue weighted by molar-refractivity contribution is -0.122. The molecule has 1 atom stereocenters. The van der Waals surface area contributed by atoms with Gasteiger partial charge in [-0.25, -0.2) is 13.4 Å². The molecule has 3 rings (SSSR count). The Labute approximate surface area is 190 Å². The first-order valence-corrected chi connectivity index (χ1v) is 12.4. The zero-order valence-corrected chi connectivity index (χ0v) is 20.0. The molecule has 0 radical (unpaired) electrons. The molecule has 1 aromatic heterocycles. The lowest BCUT2D eigenvalue weighted by Gasteiger charge is -2.30. The van der Waals surface area contributed by atoms with E-state index in [1.807, 2.05) is 74.9 Å². The number of nitrogens with one attached hydrogen (secondary N) is 1. The van der Waals surface area contributed by atoms with Crippen LogP contribution in [-0.4, -0.2) is 36.2 Å². The highest BCUT2D eigenvalue weighted by Crippen LogP contribution is 2.25. The van der Waals surface area contributed by atoms with Crippen molar-refractivity contribution in [3.8, 4) is 5.69 Å². The average Bonchev–Trinajstić information content (AvgIpc) is 3.17. The van der Waals surface area contributed by atoms with Gasteiger partial charge in [-0.1, -0.05) is 25.1 Å². The Morgan fingerprint density at radius 2 is 1.78 bits per heavy atom. The predicted molar refractivity (Wildman–Crippen MR) is 127 cm³/mol. The van der Waals surface area contributed by atoms with E-state index in [0.717, 1.165) is 34.5 Å². The molecule has 3 aromatic rings. The van der Waals surface area contributed by atoms with Gasteiger partial charge >= 0.3 is 0 Å². The smallest absolute Gasteiger partial charge is 0.244 e. The largest absolute Gasteiger partial charge is 0.350 e. The summed E-state index contributed by atoms with van der Waals surface area (Å²) in [5, 5.41) is 2.90. The zero-order valence-electron chi connectivity index (χ0n) is 19.2. The van der Waals surface area contributed by atoms with Crippen LogP contribution in [-0.2, 0) is 21.4 Å². The van der Waals surface area contributed by atoms with Crippen LogP contribution in [0.2, 0.25) is 0 Å². The zero-order chi connectivity index (χ0) is 23.5. The number of benzene rings is 2. The normalized spacial score (nSPS) is 12.4. The van der Waals surface area contributed by atoms with E-state index in [1.54, 1.807) is 12.3 Å². The molecule has 0 fully saturated rings. The summed E-state index contributed by atoms with van der Waals surface area (Å²) in [6, 6.07) is 12.4. The number of carbonyl (C=O) groups is 1. The molecule has 0 aliphatic rings. The second-order valence-electron chi connectivity index (χ2n) is 7.98. The lowest BCUT2D eigenvalue weighted by atomic mass is 10.1. The van der Waals surface area contributed by atoms with Crippen LogP contribution in [0, 0.1) is 20.8 Å². The van der Waals surface area contributed by atoms with Gasteiger partial charge in [-0.05, 0) is 68.1 Å². The van der Waals surface area contributed by atoms with Crippen molar-refractivity contribution >= 4 is 21.6 Å². The number of hydrogen-bond donors (Lipinski definition) is 1. The number of anilines is 1. The second kappa shape index (κ2) is 9.56. The lowest BCUT2D eigenvalue weighted by Crippen LogP contribution is -2.49. The summed E-state index contributed by atoms with van der Waals surface area (Å²) in [6.45, 7) is 7.94. The van der Waals surface area contributed by atoms with Crippen molar-refractivity contribution in [1.29, 1.82) is 0 Å². The highest BCUT2D eigenvalue weighted by atomic mass is 32.2. The molecule has 1 amide bonds. The third kappa shape index (κ3) is 5.19. The Morgan fingerprint density at radius 1 is 1.09 bits per heavy atom. The first kappa shape index (κ1) is 23.5. The van der Waals surface area contributed by atoms with Gasteiger partial charge in [0.15, 0.2) is 0 Å². The summed E-state index contributed by atoms with van der Waals surface area (Å²) >= 11 is 0. The molecular weight excluding hydrogens is 424 g/mol.